The van der Waals surface area contributed by atoms with Crippen molar-refractivity contribution in [3.05, 3.63) is 137 Å². The number of hydrogen-bond acceptors (Lipinski definition) is 12. The zero-order valence-corrected chi connectivity index (χ0v) is 39.0. The molecule has 8 rings (SSSR count). The Morgan fingerprint density at radius 3 is 2.48 bits per heavy atom. The van der Waals surface area contributed by atoms with E-state index < -0.39 is 23.3 Å². The lowest BCUT2D eigenvalue weighted by Gasteiger charge is -2.60. The summed E-state index contributed by atoms with van der Waals surface area (Å²) in [6.07, 6.45) is 8.72. The summed E-state index contributed by atoms with van der Waals surface area (Å²) in [6.45, 7) is 12.7. The van der Waals surface area contributed by atoms with E-state index in [1.165, 1.54) is 0 Å². The first-order chi connectivity index (χ1) is 32.4. The Bertz CT molecular complexity index is 2510. The highest BCUT2D eigenvalue weighted by Gasteiger charge is 2.65. The molecule has 1 fully saturated rings. The first-order valence-corrected chi connectivity index (χ1v) is 23.5. The molecule has 2 N–H and O–H groups in total. The van der Waals surface area contributed by atoms with Crippen LogP contribution in [0.25, 0.3) is 0 Å². The number of nitrogens with zero attached hydrogens (tertiary/aromatic N) is 4. The van der Waals surface area contributed by atoms with Gasteiger partial charge in [0, 0.05) is 48.9 Å². The largest absolute Gasteiger partial charge is 0.487 e. The number of unbranched alkanes of at least 4 members (excludes halogenated alkanes) is 2. The molecule has 67 heavy (non-hydrogen) atoms. The van der Waals surface area contributed by atoms with Gasteiger partial charge >= 0.3 is 0 Å². The molecule has 4 aliphatic rings. The number of rotatable bonds is 19. The minimum Gasteiger partial charge on any atom is -0.487 e. The van der Waals surface area contributed by atoms with Crippen LogP contribution in [0.1, 0.15) is 110 Å². The summed E-state index contributed by atoms with van der Waals surface area (Å²) < 4.78 is 32.7. The summed E-state index contributed by atoms with van der Waals surface area (Å²) in [5.74, 6) is -0.0527. The molecule has 0 unspecified atom stereocenters. The molecule has 0 bridgehead atoms. The molecule has 0 saturated heterocycles. The number of allylic oxidation sites excluding steroid dienone is 1. The third kappa shape index (κ3) is 10.4. The number of aliphatic hydroxyl groups is 2. The first-order valence-electron chi connectivity index (χ1n) is 23.5. The molecule has 6 atom stereocenters. The van der Waals surface area contributed by atoms with Gasteiger partial charge < -0.3 is 43.6 Å². The number of aromatic nitrogens is 1. The Kier molecular flexibility index (Phi) is 14.7. The Balaban J connectivity index is 1.35. The summed E-state index contributed by atoms with van der Waals surface area (Å²) in [5.41, 5.74) is 5.24. The summed E-state index contributed by atoms with van der Waals surface area (Å²) in [4.78, 5) is 28.3. The van der Waals surface area contributed by atoms with Gasteiger partial charge in [-0.1, -0.05) is 42.3 Å². The molecule has 13 nitrogen and oxygen atoms in total. The normalized spacial score (nSPS) is 23.0. The average Bonchev–Trinajstić information content (AvgIpc) is 3.80. The second kappa shape index (κ2) is 20.8. The molecular formula is C54H62N4O9. The van der Waals surface area contributed by atoms with E-state index in [4.69, 9.17) is 33.7 Å². The lowest BCUT2D eigenvalue weighted by atomic mass is 9.55. The molecule has 0 radical (unpaired) electrons. The van der Waals surface area contributed by atoms with E-state index in [1.807, 2.05) is 81.1 Å². The van der Waals surface area contributed by atoms with E-state index in [0.29, 0.717) is 52.7 Å². The predicted octanol–water partition coefficient (Wildman–Crippen LogP) is 9.34. The van der Waals surface area contributed by atoms with Crippen LogP contribution in [0.4, 0.5) is 0 Å². The zero-order valence-electron chi connectivity index (χ0n) is 39.0. The Hall–Kier alpha value is -6.20. The summed E-state index contributed by atoms with van der Waals surface area (Å²) in [5, 5.41) is 34.8. The van der Waals surface area contributed by atoms with Crippen LogP contribution in [-0.2, 0) is 22.7 Å². The first kappa shape index (κ1) is 47.3. The molecule has 1 saturated carbocycles. The minimum absolute atomic E-state index is 0.0158. The number of hydrogen-bond donors (Lipinski definition) is 2. The van der Waals surface area contributed by atoms with Crippen molar-refractivity contribution in [1.29, 1.82) is 5.26 Å². The van der Waals surface area contributed by atoms with Gasteiger partial charge in [0.15, 0.2) is 11.5 Å². The second-order valence-electron chi connectivity index (χ2n) is 18.8. The van der Waals surface area contributed by atoms with E-state index in [-0.39, 0.29) is 69.8 Å². The van der Waals surface area contributed by atoms with E-state index in [2.05, 4.69) is 29.8 Å². The van der Waals surface area contributed by atoms with Crippen LogP contribution in [-0.4, -0.2) is 75.8 Å². The standard InChI is InChI=1S/C54H62N4O9/c1-6-26-65-54-49(58(52(61)38-19-16-36(31-55)17-20-38)32-37-18-22-47-48(27-37)64-34-63-47)30-45(57-67-53(3,4)5)43-28-39(13-7-9-24-59)42(15-8-10-25-60)50(51(43)54)44-29-41(21-23-46(44)66-54)62-33-40-14-11-12-35(2)56-40/h6,11-12,14,16-23,27-29,39,42,49-51,59-60H,1,7-10,13,15,24-26,30,32-34H2,2-5H3/t39-,42+,49-,50+,51+,54+/m0/s1. The number of aliphatic hydroxyl groups excluding tert-OH is 2. The molecule has 4 aromatic rings. The van der Waals surface area contributed by atoms with Crippen molar-refractivity contribution in [3.8, 4) is 29.1 Å². The maximum Gasteiger partial charge on any atom is 0.254 e. The van der Waals surface area contributed by atoms with Crippen LogP contribution in [0.5, 0.6) is 23.0 Å². The number of carbonyl (C=O) groups is 1. The van der Waals surface area contributed by atoms with Gasteiger partial charge in [-0.25, -0.2) is 0 Å². The van der Waals surface area contributed by atoms with Gasteiger partial charge in [-0.3, -0.25) is 9.78 Å². The van der Waals surface area contributed by atoms with E-state index in [9.17, 15) is 15.5 Å². The SMILES string of the molecule is C=CCO[C@@]12Oc3ccc(OCc4cccc(C)n4)cc3[C@H]3[C@H](CCCCO)[C@@H](CCCCO)C=C(C(=NOC(C)(C)C)C[C@@H]1N(Cc1ccc4c(c1)OCO4)C(=O)c1ccc(C#N)cc1)[C@H]32. The Labute approximate surface area is 393 Å². The van der Waals surface area contributed by atoms with Crippen LogP contribution in [0.2, 0.25) is 0 Å². The maximum atomic E-state index is 15.5. The van der Waals surface area contributed by atoms with Crippen LogP contribution >= 0.6 is 0 Å². The molecule has 13 heteroatoms. The van der Waals surface area contributed by atoms with E-state index in [1.54, 1.807) is 30.3 Å². The molecule has 2 aliphatic heterocycles. The molecule has 2 aliphatic carbocycles. The predicted molar refractivity (Wildman–Crippen MR) is 253 cm³/mol. The molecule has 3 heterocycles. The molecular weight excluding hydrogens is 849 g/mol. The smallest absolute Gasteiger partial charge is 0.254 e. The van der Waals surface area contributed by atoms with Crippen molar-refractivity contribution in [2.75, 3.05) is 26.6 Å². The van der Waals surface area contributed by atoms with Crippen molar-refractivity contribution < 1.29 is 43.5 Å². The van der Waals surface area contributed by atoms with Gasteiger partial charge in [0.1, 0.15) is 29.7 Å². The fraction of sp³-hybridized carbons (Fsp3) is 0.444. The van der Waals surface area contributed by atoms with Crippen molar-refractivity contribution in [2.45, 2.75) is 109 Å². The van der Waals surface area contributed by atoms with Crippen molar-refractivity contribution >= 4 is 11.6 Å². The quantitative estimate of drug-likeness (QED) is 0.0523. The number of amides is 1. The van der Waals surface area contributed by atoms with Gasteiger partial charge in [-0.15, -0.1) is 6.58 Å². The van der Waals surface area contributed by atoms with Gasteiger partial charge in [0.2, 0.25) is 12.6 Å². The van der Waals surface area contributed by atoms with Gasteiger partial charge in [0.25, 0.3) is 5.91 Å². The van der Waals surface area contributed by atoms with Crippen molar-refractivity contribution in [3.63, 3.8) is 0 Å². The highest BCUT2D eigenvalue weighted by molar-refractivity contribution is 6.03. The number of benzene rings is 3. The molecule has 1 aromatic heterocycles. The number of nitriles is 1. The third-order valence-electron chi connectivity index (χ3n) is 13.1. The lowest BCUT2D eigenvalue weighted by molar-refractivity contribution is -0.255. The summed E-state index contributed by atoms with van der Waals surface area (Å²) in [7, 11) is 0. The van der Waals surface area contributed by atoms with Crippen LogP contribution in [0, 0.1) is 36.0 Å². The molecule has 1 amide bonds. The number of fused-ring (bicyclic) bond motifs is 3. The second-order valence-corrected chi connectivity index (χ2v) is 18.8. The average molecular weight is 911 g/mol. The van der Waals surface area contributed by atoms with Gasteiger partial charge in [-0.2, -0.15) is 5.26 Å². The zero-order chi connectivity index (χ0) is 47.1. The van der Waals surface area contributed by atoms with E-state index in [0.717, 1.165) is 53.8 Å². The molecule has 0 spiro atoms. The maximum absolute atomic E-state index is 15.5. The van der Waals surface area contributed by atoms with Gasteiger partial charge in [0.05, 0.1) is 35.6 Å². The lowest BCUT2D eigenvalue weighted by Crippen LogP contribution is -2.70. The minimum atomic E-state index is -1.50. The van der Waals surface area contributed by atoms with Gasteiger partial charge in [-0.05, 0) is 143 Å². The number of aryl methyl sites for hydroxylation is 1. The number of pyridine rings is 1. The van der Waals surface area contributed by atoms with E-state index >= 15 is 4.79 Å². The van der Waals surface area contributed by atoms with Crippen LogP contribution in [0.15, 0.2) is 108 Å². The fourth-order valence-electron chi connectivity index (χ4n) is 10.2. The van der Waals surface area contributed by atoms with Crippen LogP contribution in [0.3, 0.4) is 0 Å². The third-order valence-corrected chi connectivity index (χ3v) is 13.1. The Morgan fingerprint density at radius 1 is 0.985 bits per heavy atom. The summed E-state index contributed by atoms with van der Waals surface area (Å²) in [6, 6.07) is 25.5. The topological polar surface area (TPSA) is 165 Å². The number of oxime groups is 1. The molecule has 352 valence electrons. The fourth-order valence-corrected chi connectivity index (χ4v) is 10.2. The summed E-state index contributed by atoms with van der Waals surface area (Å²) >= 11 is 0. The highest BCUT2D eigenvalue weighted by Crippen LogP contribution is 2.62. The van der Waals surface area contributed by atoms with Crippen molar-refractivity contribution in [1.82, 2.24) is 9.88 Å². The van der Waals surface area contributed by atoms with Crippen LogP contribution < -0.4 is 18.9 Å². The van der Waals surface area contributed by atoms with Crippen molar-refractivity contribution in [2.24, 2.45) is 22.9 Å². The number of carbonyl (C=O) groups excluding carboxylic acids is 1. The monoisotopic (exact) mass is 910 g/mol. The Morgan fingerprint density at radius 2 is 1.75 bits per heavy atom. The number of ether oxygens (including phenoxy) is 5. The molecule has 3 aromatic carbocycles. The highest BCUT2D eigenvalue weighted by atomic mass is 16.7.